The zero-order valence-corrected chi connectivity index (χ0v) is 13.0. The average Bonchev–Trinajstić information content (AvgIpc) is 2.54. The number of benzene rings is 1. The van der Waals surface area contributed by atoms with E-state index in [1.54, 1.807) is 19.1 Å². The fourth-order valence-electron chi connectivity index (χ4n) is 2.51. The molecule has 0 radical (unpaired) electrons. The molecule has 3 N–H and O–H groups in total. The molecule has 2 rings (SSSR count). The van der Waals surface area contributed by atoms with Gasteiger partial charge >= 0.3 is 5.97 Å². The molecule has 0 spiro atoms. The molecule has 0 fully saturated rings. The first kappa shape index (κ1) is 16.4. The molecule has 0 unspecified atom stereocenters. The highest BCUT2D eigenvalue weighted by Gasteiger charge is 2.36. The number of rotatable bonds is 4. The van der Waals surface area contributed by atoms with Crippen LogP contribution in [0.25, 0.3) is 0 Å². The number of hydrogen-bond acceptors (Lipinski definition) is 6. The molecule has 1 heterocycles. The van der Waals surface area contributed by atoms with Crippen LogP contribution in [-0.4, -0.2) is 17.7 Å². The van der Waals surface area contributed by atoms with Crippen LogP contribution in [-0.2, 0) is 14.3 Å². The lowest BCUT2D eigenvalue weighted by Gasteiger charge is -2.27. The van der Waals surface area contributed by atoms with E-state index in [4.69, 9.17) is 15.2 Å². The molecule has 0 saturated carbocycles. The van der Waals surface area contributed by atoms with Crippen LogP contribution in [0.5, 0.6) is 5.75 Å². The molecule has 6 nitrogen and oxygen atoms in total. The zero-order chi connectivity index (χ0) is 17.0. The molecule has 1 aromatic carbocycles. The Kier molecular flexibility index (Phi) is 4.91. The normalized spacial score (nSPS) is 17.5. The van der Waals surface area contributed by atoms with Crippen molar-refractivity contribution >= 4 is 5.97 Å². The zero-order valence-electron chi connectivity index (χ0n) is 13.0. The number of esters is 1. The van der Waals surface area contributed by atoms with E-state index >= 15 is 0 Å². The molecule has 23 heavy (non-hydrogen) atoms. The second-order valence-electron chi connectivity index (χ2n) is 4.93. The fourth-order valence-corrected chi connectivity index (χ4v) is 2.51. The maximum absolute atomic E-state index is 12.4. The number of carbonyl (C=O) groups excluding carboxylic acids is 1. The molecule has 0 aliphatic carbocycles. The van der Waals surface area contributed by atoms with Gasteiger partial charge in [0.2, 0.25) is 5.88 Å². The average molecular weight is 314 g/mol. The van der Waals surface area contributed by atoms with E-state index in [1.807, 2.05) is 13.0 Å². The van der Waals surface area contributed by atoms with Gasteiger partial charge in [-0.15, -0.1) is 0 Å². The number of aromatic hydroxyl groups is 1. The molecular formula is C17H18N2O4. The highest BCUT2D eigenvalue weighted by atomic mass is 16.5. The van der Waals surface area contributed by atoms with Gasteiger partial charge in [0.15, 0.2) is 0 Å². The number of allylic oxidation sites excluding steroid dienone is 2. The summed E-state index contributed by atoms with van der Waals surface area (Å²) in [5, 5.41) is 18.9. The standard InChI is InChI=1S/C17H18N2O4/c1-3-13-15(17(21)22-4-2)14(12(9-18)16(19)23-13)10-5-7-11(20)8-6-10/h5-8,14,20H,3-4,19H2,1-2H3/t14-/m0/s1. The van der Waals surface area contributed by atoms with Crippen LogP contribution < -0.4 is 5.73 Å². The summed E-state index contributed by atoms with van der Waals surface area (Å²) in [4.78, 5) is 12.4. The van der Waals surface area contributed by atoms with Crippen LogP contribution >= 0.6 is 0 Å². The smallest absolute Gasteiger partial charge is 0.338 e. The minimum absolute atomic E-state index is 0.0181. The van der Waals surface area contributed by atoms with Gasteiger partial charge in [-0.1, -0.05) is 19.1 Å². The van der Waals surface area contributed by atoms with Gasteiger partial charge in [0.25, 0.3) is 0 Å². The lowest BCUT2D eigenvalue weighted by Crippen LogP contribution is -2.26. The third-order valence-corrected chi connectivity index (χ3v) is 3.54. The molecular weight excluding hydrogens is 296 g/mol. The number of nitrogens with two attached hydrogens (primary N) is 1. The Morgan fingerprint density at radius 1 is 1.39 bits per heavy atom. The quantitative estimate of drug-likeness (QED) is 0.827. The number of nitriles is 1. The SMILES string of the molecule is CCOC(=O)C1=C(CC)OC(N)=C(C#N)[C@@H]1c1ccc(O)cc1. The lowest BCUT2D eigenvalue weighted by molar-refractivity contribution is -0.139. The van der Waals surface area contributed by atoms with Gasteiger partial charge in [0.05, 0.1) is 18.1 Å². The third kappa shape index (κ3) is 3.14. The van der Waals surface area contributed by atoms with Gasteiger partial charge in [0.1, 0.15) is 23.2 Å². The van der Waals surface area contributed by atoms with Crippen molar-refractivity contribution in [1.82, 2.24) is 0 Å². The summed E-state index contributed by atoms with van der Waals surface area (Å²) in [5.74, 6) is -0.756. The first-order valence-corrected chi connectivity index (χ1v) is 7.30. The first-order chi connectivity index (χ1) is 11.0. The second-order valence-corrected chi connectivity index (χ2v) is 4.93. The van der Waals surface area contributed by atoms with Crippen molar-refractivity contribution in [3.63, 3.8) is 0 Å². The predicted molar refractivity (Wildman–Crippen MR) is 82.7 cm³/mol. The number of hydrogen-bond donors (Lipinski definition) is 2. The topological polar surface area (TPSA) is 106 Å². The van der Waals surface area contributed by atoms with Crippen LogP contribution in [0.15, 0.2) is 47.1 Å². The van der Waals surface area contributed by atoms with Crippen LogP contribution in [0.4, 0.5) is 0 Å². The Bertz CT molecular complexity index is 711. The van der Waals surface area contributed by atoms with E-state index in [0.29, 0.717) is 17.7 Å². The molecule has 1 aliphatic heterocycles. The Labute approximate surface area is 134 Å². The molecule has 0 saturated heterocycles. The molecule has 0 aromatic heterocycles. The highest BCUT2D eigenvalue weighted by Crippen LogP contribution is 2.40. The molecule has 0 amide bonds. The number of ether oxygens (including phenoxy) is 2. The number of nitrogens with zero attached hydrogens (tertiary/aromatic N) is 1. The summed E-state index contributed by atoms with van der Waals surface area (Å²) in [6.45, 7) is 3.74. The number of carbonyl (C=O) groups is 1. The largest absolute Gasteiger partial charge is 0.508 e. The van der Waals surface area contributed by atoms with Crippen molar-refractivity contribution in [2.45, 2.75) is 26.2 Å². The summed E-state index contributed by atoms with van der Waals surface area (Å²) < 4.78 is 10.6. The Hall–Kier alpha value is -2.94. The summed E-state index contributed by atoms with van der Waals surface area (Å²) in [7, 11) is 0. The van der Waals surface area contributed by atoms with E-state index in [1.165, 1.54) is 12.1 Å². The van der Waals surface area contributed by atoms with E-state index in [2.05, 4.69) is 0 Å². The fraction of sp³-hybridized carbons (Fsp3) is 0.294. The van der Waals surface area contributed by atoms with Gasteiger partial charge in [-0.3, -0.25) is 0 Å². The van der Waals surface area contributed by atoms with Gasteiger partial charge in [-0.25, -0.2) is 4.79 Å². The molecule has 1 atom stereocenters. The van der Waals surface area contributed by atoms with E-state index < -0.39 is 11.9 Å². The van der Waals surface area contributed by atoms with Crippen molar-refractivity contribution in [3.8, 4) is 11.8 Å². The second kappa shape index (κ2) is 6.88. The van der Waals surface area contributed by atoms with E-state index in [9.17, 15) is 15.2 Å². The molecule has 1 aromatic rings. The van der Waals surface area contributed by atoms with Crippen LogP contribution in [0.3, 0.4) is 0 Å². The molecule has 120 valence electrons. The summed E-state index contributed by atoms with van der Waals surface area (Å²) in [6.07, 6.45) is 0.433. The maximum Gasteiger partial charge on any atom is 0.338 e. The molecule has 0 bridgehead atoms. The lowest BCUT2D eigenvalue weighted by atomic mass is 9.82. The van der Waals surface area contributed by atoms with Crippen LogP contribution in [0, 0.1) is 11.3 Å². The van der Waals surface area contributed by atoms with E-state index in [-0.39, 0.29) is 29.4 Å². The minimum atomic E-state index is -0.677. The van der Waals surface area contributed by atoms with Gasteiger partial charge in [-0.05, 0) is 24.6 Å². The summed E-state index contributed by atoms with van der Waals surface area (Å²) in [5.41, 5.74) is 6.92. The van der Waals surface area contributed by atoms with Crippen molar-refractivity contribution in [3.05, 3.63) is 52.6 Å². The maximum atomic E-state index is 12.4. The highest BCUT2D eigenvalue weighted by molar-refractivity contribution is 5.92. The Morgan fingerprint density at radius 2 is 2.04 bits per heavy atom. The van der Waals surface area contributed by atoms with Crippen molar-refractivity contribution in [2.24, 2.45) is 5.73 Å². The molecule has 1 aliphatic rings. The van der Waals surface area contributed by atoms with Crippen molar-refractivity contribution < 1.29 is 19.4 Å². The minimum Gasteiger partial charge on any atom is -0.508 e. The van der Waals surface area contributed by atoms with Gasteiger partial charge in [-0.2, -0.15) is 5.26 Å². The van der Waals surface area contributed by atoms with E-state index in [0.717, 1.165) is 0 Å². The molecule has 6 heteroatoms. The Morgan fingerprint density at radius 3 is 2.57 bits per heavy atom. The summed E-state index contributed by atoms with van der Waals surface area (Å²) >= 11 is 0. The Balaban J connectivity index is 2.63. The number of phenols is 1. The van der Waals surface area contributed by atoms with Gasteiger partial charge < -0.3 is 20.3 Å². The van der Waals surface area contributed by atoms with Crippen molar-refractivity contribution in [2.75, 3.05) is 6.61 Å². The van der Waals surface area contributed by atoms with Crippen molar-refractivity contribution in [1.29, 1.82) is 5.26 Å². The predicted octanol–water partition coefficient (Wildman–Crippen LogP) is 2.43. The first-order valence-electron chi connectivity index (χ1n) is 7.30. The van der Waals surface area contributed by atoms with Gasteiger partial charge in [0, 0.05) is 6.42 Å². The van der Waals surface area contributed by atoms with Crippen LogP contribution in [0.1, 0.15) is 31.7 Å². The van der Waals surface area contributed by atoms with Crippen LogP contribution in [0.2, 0.25) is 0 Å². The number of phenolic OH excluding ortho intramolecular Hbond substituents is 1. The summed E-state index contributed by atoms with van der Waals surface area (Å²) in [6, 6.07) is 8.28. The monoisotopic (exact) mass is 314 g/mol. The third-order valence-electron chi connectivity index (χ3n) is 3.54.